The number of benzene rings is 2. The Labute approximate surface area is 121 Å². The van der Waals surface area contributed by atoms with Gasteiger partial charge in [-0.15, -0.1) is 0 Å². The van der Waals surface area contributed by atoms with E-state index in [4.69, 9.17) is 29.0 Å². The molecule has 0 radical (unpaired) electrons. The largest absolute Gasteiger partial charge is 0.271 e. The standard InChI is InChI=1S/C14H13Cl2FN2/c1-8-2-3-9(6-12(8)16)14(19-18)11-5-4-10(15)7-13(11)17/h2-7,14,19H,18H2,1H3. The maximum atomic E-state index is 13.9. The van der Waals surface area contributed by atoms with Crippen LogP contribution in [0.15, 0.2) is 36.4 Å². The van der Waals surface area contributed by atoms with Gasteiger partial charge in [0.2, 0.25) is 0 Å². The summed E-state index contributed by atoms with van der Waals surface area (Å²) in [6.07, 6.45) is 0. The highest BCUT2D eigenvalue weighted by atomic mass is 35.5. The molecule has 5 heteroatoms. The molecule has 1 unspecified atom stereocenters. The van der Waals surface area contributed by atoms with E-state index in [0.29, 0.717) is 15.6 Å². The van der Waals surface area contributed by atoms with Crippen molar-refractivity contribution >= 4 is 23.2 Å². The van der Waals surface area contributed by atoms with Gasteiger partial charge in [-0.3, -0.25) is 5.84 Å². The van der Waals surface area contributed by atoms with Crippen LogP contribution in [0.5, 0.6) is 0 Å². The van der Waals surface area contributed by atoms with Crippen molar-refractivity contribution in [3.63, 3.8) is 0 Å². The second kappa shape index (κ2) is 5.88. The lowest BCUT2D eigenvalue weighted by Gasteiger charge is -2.18. The first-order chi connectivity index (χ1) is 9.02. The van der Waals surface area contributed by atoms with Crippen LogP contribution in [-0.2, 0) is 0 Å². The normalized spacial score (nSPS) is 12.5. The fourth-order valence-electron chi connectivity index (χ4n) is 1.89. The zero-order chi connectivity index (χ0) is 14.0. The smallest absolute Gasteiger partial charge is 0.129 e. The third-order valence-corrected chi connectivity index (χ3v) is 3.61. The summed E-state index contributed by atoms with van der Waals surface area (Å²) in [6.45, 7) is 1.90. The van der Waals surface area contributed by atoms with Gasteiger partial charge in [0.05, 0.1) is 6.04 Å². The van der Waals surface area contributed by atoms with Crippen molar-refractivity contribution in [3.05, 3.63) is 69.0 Å². The Kier molecular flexibility index (Phi) is 4.42. The summed E-state index contributed by atoms with van der Waals surface area (Å²) in [5.74, 6) is 5.13. The molecular weight excluding hydrogens is 286 g/mol. The maximum absolute atomic E-state index is 13.9. The maximum Gasteiger partial charge on any atom is 0.129 e. The Balaban J connectivity index is 2.46. The topological polar surface area (TPSA) is 38.0 Å². The predicted molar refractivity (Wildman–Crippen MR) is 76.8 cm³/mol. The SMILES string of the molecule is Cc1ccc(C(NN)c2ccc(Cl)cc2F)cc1Cl. The van der Waals surface area contributed by atoms with Gasteiger partial charge in [0.25, 0.3) is 0 Å². The first-order valence-electron chi connectivity index (χ1n) is 5.70. The first-order valence-corrected chi connectivity index (χ1v) is 6.45. The van der Waals surface area contributed by atoms with Gasteiger partial charge in [-0.05, 0) is 36.2 Å². The highest BCUT2D eigenvalue weighted by Crippen LogP contribution is 2.28. The Bertz CT molecular complexity index is 602. The Morgan fingerprint density at radius 3 is 2.47 bits per heavy atom. The van der Waals surface area contributed by atoms with Gasteiger partial charge in [0.15, 0.2) is 0 Å². The first kappa shape index (κ1) is 14.3. The number of rotatable bonds is 3. The van der Waals surface area contributed by atoms with Crippen LogP contribution in [0.1, 0.15) is 22.7 Å². The average molecular weight is 299 g/mol. The average Bonchev–Trinajstić information content (AvgIpc) is 2.37. The van der Waals surface area contributed by atoms with E-state index in [1.807, 2.05) is 19.1 Å². The van der Waals surface area contributed by atoms with E-state index in [1.165, 1.54) is 6.07 Å². The second-order valence-corrected chi connectivity index (χ2v) is 5.12. The minimum atomic E-state index is -0.477. The van der Waals surface area contributed by atoms with Gasteiger partial charge in [-0.2, -0.15) is 0 Å². The lowest BCUT2D eigenvalue weighted by atomic mass is 9.98. The van der Waals surface area contributed by atoms with Gasteiger partial charge in [-0.25, -0.2) is 9.82 Å². The Hall–Kier alpha value is -1.13. The molecule has 2 nitrogen and oxygen atoms in total. The molecule has 0 aliphatic rings. The lowest BCUT2D eigenvalue weighted by Crippen LogP contribution is -2.29. The van der Waals surface area contributed by atoms with Crippen LogP contribution >= 0.6 is 23.2 Å². The summed E-state index contributed by atoms with van der Waals surface area (Å²) >= 11 is 11.8. The minimum absolute atomic E-state index is 0.346. The molecule has 0 bridgehead atoms. The second-order valence-electron chi connectivity index (χ2n) is 4.27. The van der Waals surface area contributed by atoms with Crippen molar-refractivity contribution in [3.8, 4) is 0 Å². The van der Waals surface area contributed by atoms with Crippen LogP contribution < -0.4 is 11.3 Å². The summed E-state index contributed by atoms with van der Waals surface area (Å²) in [4.78, 5) is 0. The number of halogens is 3. The molecule has 0 saturated carbocycles. The molecule has 0 aliphatic heterocycles. The van der Waals surface area contributed by atoms with Crippen LogP contribution in [0.4, 0.5) is 4.39 Å². The molecule has 0 amide bonds. The van der Waals surface area contributed by atoms with Crippen LogP contribution in [-0.4, -0.2) is 0 Å². The third-order valence-electron chi connectivity index (χ3n) is 2.97. The molecule has 0 saturated heterocycles. The van der Waals surface area contributed by atoms with Crippen LogP contribution in [0.3, 0.4) is 0 Å². The number of aryl methyl sites for hydroxylation is 1. The van der Waals surface area contributed by atoms with Crippen molar-refractivity contribution in [1.82, 2.24) is 5.43 Å². The number of nitrogens with two attached hydrogens (primary N) is 1. The summed E-state index contributed by atoms with van der Waals surface area (Å²) in [5, 5.41) is 0.964. The molecule has 2 rings (SSSR count). The number of nitrogens with one attached hydrogen (secondary N) is 1. The van der Waals surface area contributed by atoms with Gasteiger partial charge in [-0.1, -0.05) is 41.4 Å². The van der Waals surface area contributed by atoms with Crippen molar-refractivity contribution < 1.29 is 4.39 Å². The van der Waals surface area contributed by atoms with Gasteiger partial charge >= 0.3 is 0 Å². The van der Waals surface area contributed by atoms with Gasteiger partial charge in [0.1, 0.15) is 5.82 Å². The van der Waals surface area contributed by atoms with E-state index in [2.05, 4.69) is 5.43 Å². The highest BCUT2D eigenvalue weighted by molar-refractivity contribution is 6.31. The summed E-state index contributed by atoms with van der Waals surface area (Å²) in [6, 6.07) is 9.52. The molecule has 2 aromatic rings. The van der Waals surface area contributed by atoms with Crippen molar-refractivity contribution in [2.24, 2.45) is 5.84 Å². The summed E-state index contributed by atoms with van der Waals surface area (Å²) in [7, 11) is 0. The molecule has 0 fully saturated rings. The van der Waals surface area contributed by atoms with Crippen molar-refractivity contribution in [1.29, 1.82) is 0 Å². The zero-order valence-electron chi connectivity index (χ0n) is 10.3. The quantitative estimate of drug-likeness (QED) is 0.664. The van der Waals surface area contributed by atoms with Gasteiger partial charge in [0, 0.05) is 15.6 Å². The molecule has 100 valence electrons. The fraction of sp³-hybridized carbons (Fsp3) is 0.143. The molecule has 2 aromatic carbocycles. The van der Waals surface area contributed by atoms with E-state index in [1.54, 1.807) is 18.2 Å². The molecule has 0 aliphatic carbocycles. The van der Waals surface area contributed by atoms with Crippen molar-refractivity contribution in [2.75, 3.05) is 0 Å². The van der Waals surface area contributed by atoms with Crippen LogP contribution in [0.25, 0.3) is 0 Å². The highest BCUT2D eigenvalue weighted by Gasteiger charge is 2.17. The van der Waals surface area contributed by atoms with Gasteiger partial charge < -0.3 is 0 Å². The third kappa shape index (κ3) is 3.07. The monoisotopic (exact) mass is 298 g/mol. The molecule has 0 heterocycles. The predicted octanol–water partition coefficient (Wildman–Crippen LogP) is 3.99. The molecule has 19 heavy (non-hydrogen) atoms. The fourth-order valence-corrected chi connectivity index (χ4v) is 2.24. The van der Waals surface area contributed by atoms with E-state index < -0.39 is 11.9 Å². The van der Waals surface area contributed by atoms with Crippen LogP contribution in [0, 0.1) is 12.7 Å². The zero-order valence-corrected chi connectivity index (χ0v) is 11.8. The van der Waals surface area contributed by atoms with E-state index in [9.17, 15) is 4.39 Å². The van der Waals surface area contributed by atoms with E-state index >= 15 is 0 Å². The lowest BCUT2D eigenvalue weighted by molar-refractivity contribution is 0.560. The Morgan fingerprint density at radius 1 is 1.16 bits per heavy atom. The molecule has 1 atom stereocenters. The molecule has 0 spiro atoms. The number of hydrogen-bond acceptors (Lipinski definition) is 2. The Morgan fingerprint density at radius 2 is 1.89 bits per heavy atom. The van der Waals surface area contributed by atoms with Crippen LogP contribution in [0.2, 0.25) is 10.0 Å². The number of hydrazine groups is 1. The minimum Gasteiger partial charge on any atom is -0.271 e. The summed E-state index contributed by atoms with van der Waals surface area (Å²) < 4.78 is 13.9. The molecular formula is C14H13Cl2FN2. The van der Waals surface area contributed by atoms with Crippen molar-refractivity contribution in [2.45, 2.75) is 13.0 Å². The van der Waals surface area contributed by atoms with E-state index in [0.717, 1.165) is 11.1 Å². The number of hydrogen-bond donors (Lipinski definition) is 2. The molecule has 0 aromatic heterocycles. The summed E-state index contributed by atoms with van der Waals surface area (Å²) in [5.41, 5.74) is 4.77. The van der Waals surface area contributed by atoms with E-state index in [-0.39, 0.29) is 0 Å². The molecule has 3 N–H and O–H groups in total.